The van der Waals surface area contributed by atoms with Crippen LogP contribution >= 0.6 is 0 Å². The minimum absolute atomic E-state index is 0.110. The molecule has 0 aliphatic carbocycles. The molecule has 0 radical (unpaired) electrons. The van der Waals surface area contributed by atoms with Crippen molar-refractivity contribution >= 4 is 16.9 Å². The van der Waals surface area contributed by atoms with Gasteiger partial charge in [-0.2, -0.15) is 5.26 Å². The Morgan fingerprint density at radius 1 is 1.40 bits per heavy atom. The molecular weight excluding hydrogens is 252 g/mol. The number of rotatable bonds is 4. The summed E-state index contributed by atoms with van der Waals surface area (Å²) in [5, 5.41) is 8.89. The first-order valence-corrected chi connectivity index (χ1v) is 6.56. The molecule has 1 aromatic heterocycles. The van der Waals surface area contributed by atoms with Crippen LogP contribution in [0.15, 0.2) is 30.6 Å². The Hall–Kier alpha value is -2.48. The average molecular weight is 268 g/mol. The van der Waals surface area contributed by atoms with E-state index in [0.717, 1.165) is 0 Å². The number of para-hydroxylation sites is 1. The van der Waals surface area contributed by atoms with Gasteiger partial charge in [-0.05, 0) is 26.0 Å². The van der Waals surface area contributed by atoms with Gasteiger partial charge in [0, 0.05) is 25.5 Å². The maximum absolute atomic E-state index is 12.6. The predicted molar refractivity (Wildman–Crippen MR) is 75.9 cm³/mol. The van der Waals surface area contributed by atoms with Gasteiger partial charge in [-0.3, -0.25) is 14.8 Å². The van der Waals surface area contributed by atoms with Crippen LogP contribution < -0.4 is 0 Å². The van der Waals surface area contributed by atoms with E-state index >= 15 is 0 Å². The van der Waals surface area contributed by atoms with Gasteiger partial charge in [0.25, 0.3) is 5.91 Å². The zero-order chi connectivity index (χ0) is 14.5. The van der Waals surface area contributed by atoms with Crippen LogP contribution in [0.25, 0.3) is 11.0 Å². The van der Waals surface area contributed by atoms with E-state index in [-0.39, 0.29) is 11.8 Å². The van der Waals surface area contributed by atoms with Gasteiger partial charge in [-0.15, -0.1) is 0 Å². The van der Waals surface area contributed by atoms with E-state index in [2.05, 4.69) is 16.0 Å². The Labute approximate surface area is 117 Å². The molecule has 0 aliphatic rings. The van der Waals surface area contributed by atoms with Crippen LogP contribution in [0.2, 0.25) is 0 Å². The van der Waals surface area contributed by atoms with Crippen LogP contribution in [0.5, 0.6) is 0 Å². The second-order valence-electron chi connectivity index (χ2n) is 4.60. The lowest BCUT2D eigenvalue weighted by atomic mass is 10.1. The normalized spacial score (nSPS) is 11.8. The van der Waals surface area contributed by atoms with Gasteiger partial charge in [0.1, 0.15) is 5.52 Å². The van der Waals surface area contributed by atoms with Gasteiger partial charge in [-0.1, -0.05) is 6.07 Å². The van der Waals surface area contributed by atoms with Crippen molar-refractivity contribution in [2.24, 2.45) is 5.92 Å². The van der Waals surface area contributed by atoms with E-state index < -0.39 is 0 Å². The highest BCUT2D eigenvalue weighted by molar-refractivity contribution is 6.04. The van der Waals surface area contributed by atoms with E-state index in [1.165, 1.54) is 0 Å². The summed E-state index contributed by atoms with van der Waals surface area (Å²) in [4.78, 5) is 22.7. The van der Waals surface area contributed by atoms with Crippen LogP contribution in [0.1, 0.15) is 24.2 Å². The molecule has 0 saturated carbocycles. The summed E-state index contributed by atoms with van der Waals surface area (Å²) < 4.78 is 0. The molecule has 102 valence electrons. The Balaban J connectivity index is 2.37. The number of carbonyl (C=O) groups excluding carboxylic acids is 1. The van der Waals surface area contributed by atoms with E-state index in [0.29, 0.717) is 29.7 Å². The van der Waals surface area contributed by atoms with Gasteiger partial charge in [0.05, 0.1) is 23.1 Å². The standard InChI is InChI=1S/C15H16N4O/c1-3-19(10-11(2)9-16)15(20)12-5-4-6-13-14(12)18-8-7-17-13/h4-8,11H,3,10H2,1-2H3. The Morgan fingerprint density at radius 3 is 2.85 bits per heavy atom. The average Bonchev–Trinajstić information content (AvgIpc) is 2.51. The number of benzene rings is 1. The highest BCUT2D eigenvalue weighted by Gasteiger charge is 2.19. The second-order valence-corrected chi connectivity index (χ2v) is 4.60. The first-order chi connectivity index (χ1) is 9.67. The molecule has 1 unspecified atom stereocenters. The maximum atomic E-state index is 12.6. The Morgan fingerprint density at radius 2 is 2.15 bits per heavy atom. The molecule has 0 saturated heterocycles. The highest BCUT2D eigenvalue weighted by Crippen LogP contribution is 2.16. The quantitative estimate of drug-likeness (QED) is 0.852. The fraction of sp³-hybridized carbons (Fsp3) is 0.333. The van der Waals surface area contributed by atoms with Crippen molar-refractivity contribution in [3.8, 4) is 6.07 Å². The molecule has 5 nitrogen and oxygen atoms in total. The molecule has 0 N–H and O–H groups in total. The molecule has 1 atom stereocenters. The topological polar surface area (TPSA) is 69.9 Å². The van der Waals surface area contributed by atoms with E-state index in [4.69, 9.17) is 5.26 Å². The minimum Gasteiger partial charge on any atom is -0.338 e. The molecule has 2 aromatic rings. The summed E-state index contributed by atoms with van der Waals surface area (Å²) in [6.07, 6.45) is 3.18. The zero-order valence-corrected chi connectivity index (χ0v) is 11.6. The van der Waals surface area contributed by atoms with Crippen LogP contribution in [-0.4, -0.2) is 33.9 Å². The minimum atomic E-state index is -0.194. The van der Waals surface area contributed by atoms with Crippen molar-refractivity contribution in [1.82, 2.24) is 14.9 Å². The Kier molecular flexibility index (Phi) is 4.26. The molecule has 0 aliphatic heterocycles. The van der Waals surface area contributed by atoms with Gasteiger partial charge in [0.2, 0.25) is 0 Å². The predicted octanol–water partition coefficient (Wildman–Crippen LogP) is 2.25. The first kappa shape index (κ1) is 13.9. The first-order valence-electron chi connectivity index (χ1n) is 6.56. The fourth-order valence-electron chi connectivity index (χ4n) is 2.06. The van der Waals surface area contributed by atoms with Crippen molar-refractivity contribution in [3.05, 3.63) is 36.2 Å². The van der Waals surface area contributed by atoms with Gasteiger partial charge in [0.15, 0.2) is 0 Å². The van der Waals surface area contributed by atoms with Crippen LogP contribution in [0.4, 0.5) is 0 Å². The summed E-state index contributed by atoms with van der Waals surface area (Å²) in [5.74, 6) is -0.305. The van der Waals surface area contributed by atoms with Crippen molar-refractivity contribution in [2.75, 3.05) is 13.1 Å². The molecular formula is C15H16N4O. The summed E-state index contributed by atoms with van der Waals surface area (Å²) in [6.45, 7) is 4.68. The maximum Gasteiger partial charge on any atom is 0.256 e. The van der Waals surface area contributed by atoms with E-state index in [1.54, 1.807) is 36.4 Å². The number of fused-ring (bicyclic) bond motifs is 1. The summed E-state index contributed by atoms with van der Waals surface area (Å²) in [7, 11) is 0. The van der Waals surface area contributed by atoms with Crippen molar-refractivity contribution < 1.29 is 4.79 Å². The number of amides is 1. The molecule has 20 heavy (non-hydrogen) atoms. The van der Waals surface area contributed by atoms with Crippen molar-refractivity contribution in [2.45, 2.75) is 13.8 Å². The smallest absolute Gasteiger partial charge is 0.256 e. The SMILES string of the molecule is CCN(CC(C)C#N)C(=O)c1cccc2nccnc12. The van der Waals surface area contributed by atoms with E-state index in [9.17, 15) is 4.79 Å². The third kappa shape index (κ3) is 2.75. The van der Waals surface area contributed by atoms with Crippen LogP contribution in [0, 0.1) is 17.2 Å². The summed E-state index contributed by atoms with van der Waals surface area (Å²) >= 11 is 0. The number of carbonyl (C=O) groups is 1. The number of hydrogen-bond acceptors (Lipinski definition) is 4. The highest BCUT2D eigenvalue weighted by atomic mass is 16.2. The van der Waals surface area contributed by atoms with Crippen molar-refractivity contribution in [1.29, 1.82) is 5.26 Å². The fourth-order valence-corrected chi connectivity index (χ4v) is 2.06. The van der Waals surface area contributed by atoms with Crippen LogP contribution in [-0.2, 0) is 0 Å². The molecule has 2 rings (SSSR count). The summed E-state index contributed by atoms with van der Waals surface area (Å²) in [5.41, 5.74) is 1.83. The number of nitriles is 1. The zero-order valence-electron chi connectivity index (χ0n) is 11.6. The lowest BCUT2D eigenvalue weighted by Crippen LogP contribution is -2.34. The largest absolute Gasteiger partial charge is 0.338 e. The number of aromatic nitrogens is 2. The number of nitrogens with zero attached hydrogens (tertiary/aromatic N) is 4. The second kappa shape index (κ2) is 6.11. The van der Waals surface area contributed by atoms with Crippen LogP contribution in [0.3, 0.4) is 0 Å². The molecule has 1 aromatic carbocycles. The van der Waals surface area contributed by atoms with Gasteiger partial charge in [-0.25, -0.2) is 0 Å². The van der Waals surface area contributed by atoms with Gasteiger partial charge >= 0.3 is 0 Å². The molecule has 0 spiro atoms. The molecule has 1 amide bonds. The Bertz CT molecular complexity index is 657. The molecule has 5 heteroatoms. The van der Waals surface area contributed by atoms with Gasteiger partial charge < -0.3 is 4.90 Å². The van der Waals surface area contributed by atoms with Crippen molar-refractivity contribution in [3.63, 3.8) is 0 Å². The third-order valence-electron chi connectivity index (χ3n) is 3.11. The monoisotopic (exact) mass is 268 g/mol. The summed E-state index contributed by atoms with van der Waals surface area (Å²) in [6, 6.07) is 7.52. The number of hydrogen-bond donors (Lipinski definition) is 0. The molecule has 1 heterocycles. The molecule has 0 fully saturated rings. The lowest BCUT2D eigenvalue weighted by Gasteiger charge is -2.22. The lowest BCUT2D eigenvalue weighted by molar-refractivity contribution is 0.0754. The molecule has 0 bridgehead atoms. The van der Waals surface area contributed by atoms with E-state index in [1.807, 2.05) is 13.0 Å². The third-order valence-corrected chi connectivity index (χ3v) is 3.11.